The van der Waals surface area contributed by atoms with E-state index in [1.54, 1.807) is 11.3 Å². The standard InChI is InChI=1S/C13H10Br2OS/c1-8-2-3-9(14)6-11(8)12(16)7-10-4-5-13(15)17-10/h2-6H,7H2,1H3. The molecule has 1 aromatic carbocycles. The fraction of sp³-hybridized carbons (Fsp3) is 0.154. The topological polar surface area (TPSA) is 17.1 Å². The fourth-order valence-corrected chi connectivity index (χ4v) is 3.44. The number of halogens is 2. The third-order valence-electron chi connectivity index (χ3n) is 2.46. The Kier molecular flexibility index (Phi) is 4.17. The molecule has 2 rings (SSSR count). The molecule has 0 unspecified atom stereocenters. The molecular formula is C13H10Br2OS. The first-order chi connectivity index (χ1) is 8.06. The number of aryl methyl sites for hydroxylation is 1. The molecule has 1 nitrogen and oxygen atoms in total. The highest BCUT2D eigenvalue weighted by Crippen LogP contribution is 2.24. The van der Waals surface area contributed by atoms with Crippen LogP contribution in [0.5, 0.6) is 0 Å². The number of hydrogen-bond acceptors (Lipinski definition) is 2. The second-order valence-electron chi connectivity index (χ2n) is 3.77. The van der Waals surface area contributed by atoms with Gasteiger partial charge in [0.25, 0.3) is 0 Å². The van der Waals surface area contributed by atoms with Gasteiger partial charge in [-0.15, -0.1) is 11.3 Å². The molecule has 88 valence electrons. The molecule has 0 radical (unpaired) electrons. The second-order valence-corrected chi connectivity index (χ2v) is 7.23. The first kappa shape index (κ1) is 13.0. The molecule has 0 aliphatic carbocycles. The first-order valence-electron chi connectivity index (χ1n) is 5.10. The molecule has 0 spiro atoms. The monoisotopic (exact) mass is 372 g/mol. The van der Waals surface area contributed by atoms with Crippen LogP contribution in [0.1, 0.15) is 20.8 Å². The smallest absolute Gasteiger partial charge is 0.168 e. The van der Waals surface area contributed by atoms with Crippen molar-refractivity contribution in [2.75, 3.05) is 0 Å². The van der Waals surface area contributed by atoms with Crippen LogP contribution in [0.15, 0.2) is 38.6 Å². The van der Waals surface area contributed by atoms with Crippen LogP contribution in [0.3, 0.4) is 0 Å². The summed E-state index contributed by atoms with van der Waals surface area (Å²) in [5.74, 6) is 0.165. The van der Waals surface area contributed by atoms with Crippen LogP contribution in [-0.2, 0) is 6.42 Å². The van der Waals surface area contributed by atoms with Crippen molar-refractivity contribution in [2.45, 2.75) is 13.3 Å². The minimum absolute atomic E-state index is 0.165. The third-order valence-corrected chi connectivity index (χ3v) is 4.58. The average molecular weight is 374 g/mol. The van der Waals surface area contributed by atoms with Crippen LogP contribution >= 0.6 is 43.2 Å². The summed E-state index contributed by atoms with van der Waals surface area (Å²) in [4.78, 5) is 13.3. The summed E-state index contributed by atoms with van der Waals surface area (Å²) in [5.41, 5.74) is 1.82. The van der Waals surface area contributed by atoms with Crippen LogP contribution in [0.4, 0.5) is 0 Å². The van der Waals surface area contributed by atoms with E-state index in [0.717, 1.165) is 24.3 Å². The van der Waals surface area contributed by atoms with Gasteiger partial charge in [0.15, 0.2) is 5.78 Å². The van der Waals surface area contributed by atoms with Crippen LogP contribution in [0.25, 0.3) is 0 Å². The number of Topliss-reactive ketones (excluding diaryl/α,β-unsaturated/α-hetero) is 1. The van der Waals surface area contributed by atoms with Crippen molar-refractivity contribution < 1.29 is 4.79 Å². The maximum Gasteiger partial charge on any atom is 0.168 e. The number of ketones is 1. The predicted octanol–water partition coefficient (Wildman–Crippen LogP) is 5.01. The van der Waals surface area contributed by atoms with E-state index in [2.05, 4.69) is 31.9 Å². The molecule has 0 atom stereocenters. The summed E-state index contributed by atoms with van der Waals surface area (Å²) < 4.78 is 2.00. The van der Waals surface area contributed by atoms with Crippen molar-refractivity contribution >= 4 is 49.0 Å². The maximum atomic E-state index is 12.2. The van der Waals surface area contributed by atoms with Gasteiger partial charge < -0.3 is 0 Å². The Hall–Kier alpha value is -0.450. The summed E-state index contributed by atoms with van der Waals surface area (Å²) >= 11 is 8.41. The quantitative estimate of drug-likeness (QED) is 0.691. The van der Waals surface area contributed by atoms with Crippen LogP contribution in [-0.4, -0.2) is 5.78 Å². The van der Waals surface area contributed by atoms with Gasteiger partial charge in [-0.05, 0) is 52.7 Å². The van der Waals surface area contributed by atoms with Crippen molar-refractivity contribution in [1.82, 2.24) is 0 Å². The minimum atomic E-state index is 0.165. The van der Waals surface area contributed by atoms with Crippen molar-refractivity contribution in [2.24, 2.45) is 0 Å². The van der Waals surface area contributed by atoms with Gasteiger partial charge in [-0.2, -0.15) is 0 Å². The molecule has 0 aliphatic rings. The van der Waals surface area contributed by atoms with Crippen molar-refractivity contribution in [3.8, 4) is 0 Å². The van der Waals surface area contributed by atoms with Gasteiger partial charge in [-0.25, -0.2) is 0 Å². The van der Waals surface area contributed by atoms with E-state index in [9.17, 15) is 4.79 Å². The molecular weight excluding hydrogens is 364 g/mol. The predicted molar refractivity (Wildman–Crippen MR) is 78.9 cm³/mol. The van der Waals surface area contributed by atoms with Gasteiger partial charge in [0.2, 0.25) is 0 Å². The Morgan fingerprint density at radius 3 is 2.65 bits per heavy atom. The van der Waals surface area contributed by atoms with Crippen LogP contribution < -0.4 is 0 Å². The van der Waals surface area contributed by atoms with Crippen LogP contribution in [0.2, 0.25) is 0 Å². The molecule has 0 saturated heterocycles. The Labute approximate surface area is 121 Å². The molecule has 1 heterocycles. The summed E-state index contributed by atoms with van der Waals surface area (Å²) in [5, 5.41) is 0. The lowest BCUT2D eigenvalue weighted by molar-refractivity contribution is 0.0993. The molecule has 17 heavy (non-hydrogen) atoms. The maximum absolute atomic E-state index is 12.2. The largest absolute Gasteiger partial charge is 0.294 e. The van der Waals surface area contributed by atoms with E-state index < -0.39 is 0 Å². The summed E-state index contributed by atoms with van der Waals surface area (Å²) in [7, 11) is 0. The third kappa shape index (κ3) is 3.27. The van der Waals surface area contributed by atoms with Crippen molar-refractivity contribution in [1.29, 1.82) is 0 Å². The number of thiophene rings is 1. The molecule has 0 fully saturated rings. The average Bonchev–Trinajstić information content (AvgIpc) is 2.67. The Balaban J connectivity index is 2.22. The zero-order valence-electron chi connectivity index (χ0n) is 9.17. The molecule has 0 N–H and O–H groups in total. The van der Waals surface area contributed by atoms with Crippen molar-refractivity contribution in [3.05, 3.63) is 54.6 Å². The second kappa shape index (κ2) is 5.46. The Morgan fingerprint density at radius 1 is 1.24 bits per heavy atom. The first-order valence-corrected chi connectivity index (χ1v) is 7.50. The lowest BCUT2D eigenvalue weighted by atomic mass is 10.0. The number of carbonyl (C=O) groups excluding carboxylic acids is 1. The summed E-state index contributed by atoms with van der Waals surface area (Å²) in [6, 6.07) is 9.76. The van der Waals surface area contributed by atoms with E-state index in [1.165, 1.54) is 0 Å². The summed E-state index contributed by atoms with van der Waals surface area (Å²) in [6.45, 7) is 1.96. The van der Waals surface area contributed by atoms with Crippen LogP contribution in [0, 0.1) is 6.92 Å². The highest BCUT2D eigenvalue weighted by Gasteiger charge is 2.11. The lowest BCUT2D eigenvalue weighted by Gasteiger charge is -2.04. The van der Waals surface area contributed by atoms with E-state index in [-0.39, 0.29) is 5.78 Å². The molecule has 0 bridgehead atoms. The van der Waals surface area contributed by atoms with Gasteiger partial charge in [-0.3, -0.25) is 4.79 Å². The fourth-order valence-electron chi connectivity index (χ4n) is 1.59. The Morgan fingerprint density at radius 2 is 2.00 bits per heavy atom. The van der Waals surface area contributed by atoms with E-state index in [0.29, 0.717) is 6.42 Å². The minimum Gasteiger partial charge on any atom is -0.294 e. The van der Waals surface area contributed by atoms with E-state index in [1.807, 2.05) is 37.3 Å². The molecule has 0 amide bonds. The molecule has 4 heteroatoms. The molecule has 1 aromatic heterocycles. The van der Waals surface area contributed by atoms with Gasteiger partial charge in [0.1, 0.15) is 0 Å². The number of benzene rings is 1. The zero-order chi connectivity index (χ0) is 12.4. The van der Waals surface area contributed by atoms with Gasteiger partial charge in [0, 0.05) is 21.3 Å². The zero-order valence-corrected chi connectivity index (χ0v) is 13.2. The van der Waals surface area contributed by atoms with Gasteiger partial charge in [0.05, 0.1) is 3.79 Å². The SMILES string of the molecule is Cc1ccc(Br)cc1C(=O)Cc1ccc(Br)s1. The molecule has 2 aromatic rings. The lowest BCUT2D eigenvalue weighted by Crippen LogP contribution is -2.04. The normalized spacial score (nSPS) is 10.5. The van der Waals surface area contributed by atoms with E-state index in [4.69, 9.17) is 0 Å². The number of carbonyl (C=O) groups is 1. The number of hydrogen-bond donors (Lipinski definition) is 0. The highest BCUT2D eigenvalue weighted by atomic mass is 79.9. The van der Waals surface area contributed by atoms with Crippen molar-refractivity contribution in [3.63, 3.8) is 0 Å². The highest BCUT2D eigenvalue weighted by molar-refractivity contribution is 9.11. The Bertz CT molecular complexity index is 560. The number of rotatable bonds is 3. The summed E-state index contributed by atoms with van der Waals surface area (Å²) in [6.07, 6.45) is 0.466. The van der Waals surface area contributed by atoms with Gasteiger partial charge in [-0.1, -0.05) is 22.0 Å². The molecule has 0 aliphatic heterocycles. The van der Waals surface area contributed by atoms with E-state index >= 15 is 0 Å². The van der Waals surface area contributed by atoms with Gasteiger partial charge >= 0.3 is 0 Å². The molecule has 0 saturated carbocycles.